The number of amides is 4. The van der Waals surface area contributed by atoms with Crippen LogP contribution in [-0.2, 0) is 16.1 Å². The van der Waals surface area contributed by atoms with E-state index in [1.165, 1.54) is 0 Å². The summed E-state index contributed by atoms with van der Waals surface area (Å²) >= 11 is 0. The van der Waals surface area contributed by atoms with E-state index in [1.807, 2.05) is 0 Å². The summed E-state index contributed by atoms with van der Waals surface area (Å²) in [6, 6.07) is 0.988. The minimum atomic E-state index is -0.752. The van der Waals surface area contributed by atoms with Gasteiger partial charge in [0, 0.05) is 6.07 Å². The Hall–Kier alpha value is -2.18. The molecule has 1 saturated heterocycles. The number of carbonyl (C=O) groups is 3. The van der Waals surface area contributed by atoms with Crippen LogP contribution in [0.5, 0.6) is 0 Å². The Balaban J connectivity index is 1.80. The lowest BCUT2D eigenvalue weighted by Gasteiger charge is -2.32. The number of aromatic nitrogens is 1. The highest BCUT2D eigenvalue weighted by Crippen LogP contribution is 2.34. The molecule has 1 N–H and O–H groups in total. The lowest BCUT2D eigenvalue weighted by molar-refractivity contribution is -0.145. The molecule has 7 nitrogen and oxygen atoms in total. The van der Waals surface area contributed by atoms with Gasteiger partial charge in [-0.05, 0) is 25.7 Å². The fraction of sp³-hybridized carbons (Fsp3) is 0.571. The molecule has 2 fully saturated rings. The largest absolute Gasteiger partial charge is 0.361 e. The van der Waals surface area contributed by atoms with Crippen LogP contribution in [0.25, 0.3) is 0 Å². The number of nitrogens with zero attached hydrogens (tertiary/aromatic N) is 2. The molecule has 0 radical (unpaired) electrons. The number of imide groups is 2. The molecule has 0 aromatic carbocycles. The highest BCUT2D eigenvalue weighted by molar-refractivity contribution is 6.16. The normalized spacial score (nSPS) is 23.8. The molecule has 1 aromatic heterocycles. The van der Waals surface area contributed by atoms with Crippen LogP contribution in [0.4, 0.5) is 4.79 Å². The topological polar surface area (TPSA) is 92.5 Å². The van der Waals surface area contributed by atoms with Gasteiger partial charge in [0.05, 0.1) is 6.54 Å². The molecule has 4 amide bonds. The van der Waals surface area contributed by atoms with Crippen LogP contribution in [-0.4, -0.2) is 27.9 Å². The molecule has 1 atom stereocenters. The van der Waals surface area contributed by atoms with Crippen LogP contribution in [0.15, 0.2) is 10.6 Å². The maximum atomic E-state index is 12.5. The quantitative estimate of drug-likeness (QED) is 0.849. The van der Waals surface area contributed by atoms with Crippen molar-refractivity contribution in [2.24, 2.45) is 11.8 Å². The Morgan fingerprint density at radius 3 is 2.67 bits per heavy atom. The average Bonchev–Trinajstić information content (AvgIpc) is 3.06. The number of nitrogens with one attached hydrogen (secondary N) is 1. The Kier molecular flexibility index (Phi) is 3.48. The minimum absolute atomic E-state index is 0.0263. The van der Waals surface area contributed by atoms with E-state index in [0.717, 1.165) is 30.6 Å². The zero-order valence-corrected chi connectivity index (χ0v) is 11.8. The first kappa shape index (κ1) is 13.8. The monoisotopic (exact) mass is 291 g/mol. The van der Waals surface area contributed by atoms with Crippen molar-refractivity contribution in [2.75, 3.05) is 0 Å². The molecular weight excluding hydrogens is 274 g/mol. The SMILES string of the molecule is Cc1cc(CN2C(=O)NC(=O)C(C3CCCC3)C2=O)no1. The second-order valence-electron chi connectivity index (χ2n) is 5.67. The third kappa shape index (κ3) is 2.55. The van der Waals surface area contributed by atoms with Crippen LogP contribution in [0.2, 0.25) is 0 Å². The van der Waals surface area contributed by atoms with Gasteiger partial charge in [-0.2, -0.15) is 0 Å². The van der Waals surface area contributed by atoms with Crippen molar-refractivity contribution in [3.63, 3.8) is 0 Å². The molecule has 1 aliphatic carbocycles. The van der Waals surface area contributed by atoms with Crippen molar-refractivity contribution in [3.05, 3.63) is 17.5 Å². The molecule has 0 bridgehead atoms. The molecule has 0 spiro atoms. The van der Waals surface area contributed by atoms with E-state index in [2.05, 4.69) is 10.5 Å². The first-order valence-corrected chi connectivity index (χ1v) is 7.14. The molecule has 1 aliphatic heterocycles. The molecule has 1 unspecified atom stereocenters. The van der Waals surface area contributed by atoms with Gasteiger partial charge in [0.2, 0.25) is 11.8 Å². The zero-order valence-electron chi connectivity index (χ0n) is 11.8. The van der Waals surface area contributed by atoms with Crippen molar-refractivity contribution in [1.29, 1.82) is 0 Å². The van der Waals surface area contributed by atoms with E-state index in [9.17, 15) is 14.4 Å². The van der Waals surface area contributed by atoms with Gasteiger partial charge >= 0.3 is 6.03 Å². The maximum absolute atomic E-state index is 12.5. The van der Waals surface area contributed by atoms with Crippen LogP contribution >= 0.6 is 0 Å². The Morgan fingerprint density at radius 2 is 2.05 bits per heavy atom. The molecule has 1 saturated carbocycles. The van der Waals surface area contributed by atoms with Crippen molar-refractivity contribution in [2.45, 2.75) is 39.2 Å². The fourth-order valence-electron chi connectivity index (χ4n) is 3.14. The van der Waals surface area contributed by atoms with Gasteiger partial charge in [-0.1, -0.05) is 18.0 Å². The van der Waals surface area contributed by atoms with Crippen molar-refractivity contribution < 1.29 is 18.9 Å². The fourth-order valence-corrected chi connectivity index (χ4v) is 3.14. The summed E-state index contributed by atoms with van der Waals surface area (Å²) in [6.07, 6.45) is 3.76. The summed E-state index contributed by atoms with van der Waals surface area (Å²) < 4.78 is 4.94. The molecule has 7 heteroatoms. The van der Waals surface area contributed by atoms with Gasteiger partial charge < -0.3 is 4.52 Å². The van der Waals surface area contributed by atoms with Crippen LogP contribution in [0.1, 0.15) is 37.1 Å². The predicted molar refractivity (Wildman–Crippen MR) is 70.8 cm³/mol. The minimum Gasteiger partial charge on any atom is -0.361 e. The lowest BCUT2D eigenvalue weighted by Crippen LogP contribution is -2.59. The molecule has 3 rings (SSSR count). The molecule has 1 aromatic rings. The summed E-state index contributed by atoms with van der Waals surface area (Å²) in [4.78, 5) is 37.5. The van der Waals surface area contributed by atoms with E-state index in [1.54, 1.807) is 13.0 Å². The smallest absolute Gasteiger partial charge is 0.331 e. The summed E-state index contributed by atoms with van der Waals surface area (Å²) in [5.74, 6) is -0.996. The highest BCUT2D eigenvalue weighted by Gasteiger charge is 2.45. The highest BCUT2D eigenvalue weighted by atomic mass is 16.5. The van der Waals surface area contributed by atoms with Crippen molar-refractivity contribution >= 4 is 17.8 Å². The van der Waals surface area contributed by atoms with E-state index in [-0.39, 0.29) is 12.5 Å². The van der Waals surface area contributed by atoms with E-state index in [0.29, 0.717) is 11.5 Å². The number of urea groups is 1. The molecule has 112 valence electrons. The predicted octanol–water partition coefficient (Wildman–Crippen LogP) is 1.37. The third-order valence-corrected chi connectivity index (χ3v) is 4.16. The van der Waals surface area contributed by atoms with Crippen LogP contribution < -0.4 is 5.32 Å². The Bertz CT molecular complexity index is 589. The van der Waals surface area contributed by atoms with Gasteiger partial charge in [-0.25, -0.2) is 4.79 Å². The summed E-state index contributed by atoms with van der Waals surface area (Å²) in [7, 11) is 0. The zero-order chi connectivity index (χ0) is 15.0. The Labute approximate surface area is 121 Å². The summed E-state index contributed by atoms with van der Waals surface area (Å²) in [6.45, 7) is 1.76. The molecule has 2 aliphatic rings. The first-order chi connectivity index (χ1) is 10.1. The standard InChI is InChI=1S/C14H17N3O4/c1-8-6-10(16-21-8)7-17-13(19)11(9-4-2-3-5-9)12(18)15-14(17)20/h6,9,11H,2-5,7H2,1H3,(H,15,18,20). The average molecular weight is 291 g/mol. The summed E-state index contributed by atoms with van der Waals surface area (Å²) in [5, 5.41) is 6.07. The number of aryl methyl sites for hydroxylation is 1. The maximum Gasteiger partial charge on any atom is 0.331 e. The number of carbonyl (C=O) groups excluding carboxylic acids is 3. The Morgan fingerprint density at radius 1 is 1.33 bits per heavy atom. The van der Waals surface area contributed by atoms with Gasteiger partial charge in [0.25, 0.3) is 0 Å². The van der Waals surface area contributed by atoms with Gasteiger partial charge in [0.15, 0.2) is 0 Å². The van der Waals surface area contributed by atoms with Gasteiger partial charge in [-0.15, -0.1) is 0 Å². The van der Waals surface area contributed by atoms with Gasteiger partial charge in [0.1, 0.15) is 17.4 Å². The number of rotatable bonds is 3. The lowest BCUT2D eigenvalue weighted by atomic mass is 9.87. The third-order valence-electron chi connectivity index (χ3n) is 4.16. The molecular formula is C14H17N3O4. The second kappa shape index (κ2) is 5.31. The van der Waals surface area contributed by atoms with E-state index in [4.69, 9.17) is 4.52 Å². The molecule has 21 heavy (non-hydrogen) atoms. The molecule has 2 heterocycles. The second-order valence-corrected chi connectivity index (χ2v) is 5.67. The van der Waals surface area contributed by atoms with Crippen LogP contribution in [0, 0.1) is 18.8 Å². The number of hydrogen-bond acceptors (Lipinski definition) is 5. The van der Waals surface area contributed by atoms with Crippen molar-refractivity contribution in [1.82, 2.24) is 15.4 Å². The van der Waals surface area contributed by atoms with Crippen molar-refractivity contribution in [3.8, 4) is 0 Å². The van der Waals surface area contributed by atoms with Gasteiger partial charge in [-0.3, -0.25) is 19.8 Å². The van der Waals surface area contributed by atoms with Crippen LogP contribution in [0.3, 0.4) is 0 Å². The first-order valence-electron chi connectivity index (χ1n) is 7.14. The number of barbiturate groups is 1. The summed E-state index contributed by atoms with van der Waals surface area (Å²) in [5.41, 5.74) is 0.496. The van der Waals surface area contributed by atoms with E-state index >= 15 is 0 Å². The number of hydrogen-bond donors (Lipinski definition) is 1. The van der Waals surface area contributed by atoms with E-state index < -0.39 is 23.8 Å².